The number of hydrogen-bond acceptors (Lipinski definition) is 2. The maximum Gasteiger partial charge on any atom is 0.102 e. The summed E-state index contributed by atoms with van der Waals surface area (Å²) in [6.07, 6.45) is 2.79. The molecule has 3 heteroatoms. The van der Waals surface area contributed by atoms with Gasteiger partial charge in [0.15, 0.2) is 0 Å². The molecule has 3 rings (SSSR count). The van der Waals surface area contributed by atoms with Gasteiger partial charge in [-0.2, -0.15) is 11.8 Å². The Balaban J connectivity index is 2.11. The van der Waals surface area contributed by atoms with Crippen LogP contribution in [0.1, 0.15) is 18.9 Å². The molecule has 0 aliphatic carbocycles. The van der Waals surface area contributed by atoms with Crippen molar-refractivity contribution in [3.63, 3.8) is 0 Å². The molecule has 16 heavy (non-hydrogen) atoms. The highest BCUT2D eigenvalue weighted by molar-refractivity contribution is 8.00. The molecule has 0 amide bonds. The molecule has 0 saturated carbocycles. The van der Waals surface area contributed by atoms with Crippen LogP contribution in [-0.4, -0.2) is 21.1 Å². The Bertz CT molecular complexity index is 521. The second-order valence-electron chi connectivity index (χ2n) is 4.47. The molecule has 1 aliphatic heterocycles. The van der Waals surface area contributed by atoms with E-state index < -0.39 is 5.60 Å². The van der Waals surface area contributed by atoms with Crippen LogP contribution in [0.2, 0.25) is 0 Å². The summed E-state index contributed by atoms with van der Waals surface area (Å²) >= 11 is 1.85. The summed E-state index contributed by atoms with van der Waals surface area (Å²) < 4.78 is 0. The Morgan fingerprint density at radius 3 is 3.06 bits per heavy atom. The lowest BCUT2D eigenvalue weighted by atomic mass is 9.88. The monoisotopic (exact) mass is 233 g/mol. The topological polar surface area (TPSA) is 36.0 Å². The number of aliphatic hydroxyl groups is 1. The van der Waals surface area contributed by atoms with Crippen molar-refractivity contribution in [3.05, 3.63) is 36.0 Å². The number of benzene rings is 1. The van der Waals surface area contributed by atoms with Crippen molar-refractivity contribution in [2.75, 3.05) is 5.75 Å². The molecule has 2 N–H and O–H groups in total. The van der Waals surface area contributed by atoms with E-state index in [4.69, 9.17) is 0 Å². The van der Waals surface area contributed by atoms with E-state index >= 15 is 0 Å². The van der Waals surface area contributed by atoms with Gasteiger partial charge >= 0.3 is 0 Å². The second-order valence-corrected chi connectivity index (χ2v) is 5.92. The van der Waals surface area contributed by atoms with E-state index in [1.165, 1.54) is 5.39 Å². The molecule has 2 heterocycles. The SMILES string of the molecule is CC1SCCC1(O)c1ccc2[nH]ccc2c1. The molecule has 1 saturated heterocycles. The molecule has 0 spiro atoms. The zero-order valence-electron chi connectivity index (χ0n) is 9.23. The van der Waals surface area contributed by atoms with Gasteiger partial charge in [-0.25, -0.2) is 0 Å². The first-order valence-electron chi connectivity index (χ1n) is 5.62. The van der Waals surface area contributed by atoms with E-state index in [1.807, 2.05) is 24.0 Å². The normalized spacial score (nSPS) is 30.0. The summed E-state index contributed by atoms with van der Waals surface area (Å²) in [6, 6.07) is 8.25. The van der Waals surface area contributed by atoms with Crippen LogP contribution in [0, 0.1) is 0 Å². The van der Waals surface area contributed by atoms with E-state index in [0.717, 1.165) is 23.3 Å². The van der Waals surface area contributed by atoms with E-state index in [9.17, 15) is 5.11 Å². The highest BCUT2D eigenvalue weighted by Crippen LogP contribution is 2.43. The number of aromatic amines is 1. The van der Waals surface area contributed by atoms with Gasteiger partial charge in [0, 0.05) is 17.0 Å². The fraction of sp³-hybridized carbons (Fsp3) is 0.385. The molecular weight excluding hydrogens is 218 g/mol. The van der Waals surface area contributed by atoms with Gasteiger partial charge in [0.25, 0.3) is 0 Å². The number of aromatic nitrogens is 1. The maximum absolute atomic E-state index is 10.7. The fourth-order valence-corrected chi connectivity index (χ4v) is 3.75. The number of rotatable bonds is 1. The average molecular weight is 233 g/mol. The Kier molecular flexibility index (Phi) is 2.26. The van der Waals surface area contributed by atoms with Crippen LogP contribution in [0.5, 0.6) is 0 Å². The number of nitrogens with one attached hydrogen (secondary N) is 1. The number of hydrogen-bond donors (Lipinski definition) is 2. The number of thioether (sulfide) groups is 1. The highest BCUT2D eigenvalue weighted by Gasteiger charge is 2.40. The van der Waals surface area contributed by atoms with Crippen LogP contribution in [0.4, 0.5) is 0 Å². The third kappa shape index (κ3) is 1.39. The molecule has 0 radical (unpaired) electrons. The van der Waals surface area contributed by atoms with E-state index in [2.05, 4.69) is 30.1 Å². The first kappa shape index (κ1) is 10.2. The van der Waals surface area contributed by atoms with Crippen LogP contribution < -0.4 is 0 Å². The van der Waals surface area contributed by atoms with Crippen molar-refractivity contribution >= 4 is 22.7 Å². The van der Waals surface area contributed by atoms with Gasteiger partial charge in [-0.05, 0) is 41.3 Å². The van der Waals surface area contributed by atoms with Gasteiger partial charge in [0.2, 0.25) is 0 Å². The lowest BCUT2D eigenvalue weighted by Crippen LogP contribution is -2.31. The molecule has 1 aromatic carbocycles. The van der Waals surface area contributed by atoms with E-state index in [0.29, 0.717) is 0 Å². The van der Waals surface area contributed by atoms with Gasteiger partial charge < -0.3 is 10.1 Å². The second kappa shape index (κ2) is 3.54. The van der Waals surface area contributed by atoms with Crippen molar-refractivity contribution in [2.45, 2.75) is 24.2 Å². The maximum atomic E-state index is 10.7. The minimum atomic E-state index is -0.643. The highest BCUT2D eigenvalue weighted by atomic mass is 32.2. The average Bonchev–Trinajstić information content (AvgIpc) is 2.86. The van der Waals surface area contributed by atoms with Gasteiger partial charge in [-0.1, -0.05) is 13.0 Å². The minimum absolute atomic E-state index is 0.281. The quantitative estimate of drug-likeness (QED) is 0.794. The summed E-state index contributed by atoms with van der Waals surface area (Å²) in [7, 11) is 0. The number of fused-ring (bicyclic) bond motifs is 1. The largest absolute Gasteiger partial charge is 0.384 e. The molecule has 2 nitrogen and oxygen atoms in total. The Morgan fingerprint density at radius 2 is 2.31 bits per heavy atom. The summed E-state index contributed by atoms with van der Waals surface area (Å²) in [4.78, 5) is 3.17. The minimum Gasteiger partial charge on any atom is -0.384 e. The van der Waals surface area contributed by atoms with Crippen LogP contribution in [0.3, 0.4) is 0 Å². The van der Waals surface area contributed by atoms with Gasteiger partial charge in [-0.3, -0.25) is 0 Å². The van der Waals surface area contributed by atoms with Crippen LogP contribution in [0.25, 0.3) is 10.9 Å². The predicted molar refractivity (Wildman–Crippen MR) is 68.7 cm³/mol. The van der Waals surface area contributed by atoms with Crippen molar-refractivity contribution in [2.24, 2.45) is 0 Å². The number of H-pyrrole nitrogens is 1. The van der Waals surface area contributed by atoms with Crippen molar-refractivity contribution in [1.82, 2.24) is 4.98 Å². The van der Waals surface area contributed by atoms with E-state index in [-0.39, 0.29) is 5.25 Å². The fourth-order valence-electron chi connectivity index (χ4n) is 2.43. The lowest BCUT2D eigenvalue weighted by Gasteiger charge is -2.27. The molecule has 1 aromatic heterocycles. The van der Waals surface area contributed by atoms with Crippen LogP contribution in [0.15, 0.2) is 30.5 Å². The Labute approximate surface area is 99.1 Å². The Hall–Kier alpha value is -0.930. The molecular formula is C13H15NOS. The van der Waals surface area contributed by atoms with Gasteiger partial charge in [0.1, 0.15) is 5.60 Å². The first-order valence-corrected chi connectivity index (χ1v) is 6.67. The first-order chi connectivity index (χ1) is 7.70. The van der Waals surface area contributed by atoms with Crippen LogP contribution >= 0.6 is 11.8 Å². The summed E-state index contributed by atoms with van der Waals surface area (Å²) in [5, 5.41) is 12.2. The van der Waals surface area contributed by atoms with Crippen molar-refractivity contribution < 1.29 is 5.11 Å². The summed E-state index contributed by atoms with van der Waals surface area (Å²) in [5.41, 5.74) is 1.54. The third-order valence-electron chi connectivity index (χ3n) is 3.58. The molecule has 2 aromatic rings. The lowest BCUT2D eigenvalue weighted by molar-refractivity contribution is 0.0428. The zero-order valence-corrected chi connectivity index (χ0v) is 10.1. The zero-order chi connectivity index (χ0) is 11.2. The van der Waals surface area contributed by atoms with Crippen molar-refractivity contribution in [1.29, 1.82) is 0 Å². The van der Waals surface area contributed by atoms with Crippen molar-refractivity contribution in [3.8, 4) is 0 Å². The molecule has 1 fully saturated rings. The van der Waals surface area contributed by atoms with Gasteiger partial charge in [0.05, 0.1) is 0 Å². The predicted octanol–water partition coefficient (Wildman–Crippen LogP) is 2.88. The molecule has 2 unspecified atom stereocenters. The van der Waals surface area contributed by atoms with Crippen LogP contribution in [-0.2, 0) is 5.60 Å². The van der Waals surface area contributed by atoms with Gasteiger partial charge in [-0.15, -0.1) is 0 Å². The van der Waals surface area contributed by atoms with E-state index in [1.54, 1.807) is 0 Å². The molecule has 84 valence electrons. The molecule has 2 atom stereocenters. The molecule has 0 bridgehead atoms. The summed E-state index contributed by atoms with van der Waals surface area (Å²) in [5.74, 6) is 1.04. The standard InChI is InChI=1S/C13H15NOS/c1-9-13(15,5-7-16-9)11-2-3-12-10(8-11)4-6-14-12/h2-4,6,8-9,14-15H,5,7H2,1H3. The third-order valence-corrected chi connectivity index (χ3v) is 4.91. The Morgan fingerprint density at radius 1 is 1.44 bits per heavy atom. The smallest absolute Gasteiger partial charge is 0.102 e. The summed E-state index contributed by atoms with van der Waals surface area (Å²) in [6.45, 7) is 2.11. The molecule has 1 aliphatic rings.